The van der Waals surface area contributed by atoms with Gasteiger partial charge in [-0.15, -0.1) is 16.4 Å². The van der Waals surface area contributed by atoms with Crippen LogP contribution in [0.3, 0.4) is 0 Å². The van der Waals surface area contributed by atoms with Gasteiger partial charge in [-0.05, 0) is 0 Å². The molecule has 0 spiro atoms. The smallest absolute Gasteiger partial charge is 0.200 e. The van der Waals surface area contributed by atoms with Crippen molar-refractivity contribution in [3.8, 4) is 0 Å². The largest absolute Gasteiger partial charge is 0.239 e. The van der Waals surface area contributed by atoms with Crippen molar-refractivity contribution < 1.29 is 65.9 Å². The van der Waals surface area contributed by atoms with Crippen molar-refractivity contribution in [3.05, 3.63) is 118 Å². The molecule has 0 saturated carbocycles. The van der Waals surface area contributed by atoms with E-state index < -0.39 is 130 Å². The lowest BCUT2D eigenvalue weighted by Gasteiger charge is -2.58. The molecule has 4 rings (SSSR count). The van der Waals surface area contributed by atoms with Crippen LogP contribution in [0, 0.1) is 87.3 Å². The standard InChI is InChI=1S/C30H20BF15PSi/c1-4-48(5-2,6-3)47(12-10-8-7-9-11-12)31(13-16(32)22(38)28(44)23(39)17(13)33,14-18(34)24(40)29(45)25(41)19(14)35)15-20(36)26(42)30(46)27(43)21(15)37/h7-11H,4-6H2,1-3H3/q-1. The van der Waals surface area contributed by atoms with Crippen LogP contribution in [0.25, 0.3) is 0 Å². The molecule has 0 saturated heterocycles. The fraction of sp³-hybridized carbons (Fsp3) is 0.200. The minimum atomic E-state index is -5.67. The molecule has 0 aliphatic heterocycles. The third-order valence-corrected chi connectivity index (χ3v) is 24.1. The van der Waals surface area contributed by atoms with Crippen molar-refractivity contribution >= 4 is 42.6 Å². The molecule has 0 amide bonds. The summed E-state index contributed by atoms with van der Waals surface area (Å²) in [6.45, 7) is 4.11. The second-order valence-electron chi connectivity index (χ2n) is 10.8. The third kappa shape index (κ3) is 5.14. The van der Waals surface area contributed by atoms with Crippen LogP contribution in [0.1, 0.15) is 20.8 Å². The van der Waals surface area contributed by atoms with E-state index in [0.717, 1.165) is 24.3 Å². The van der Waals surface area contributed by atoms with E-state index in [0.29, 0.717) is 0 Å². The van der Waals surface area contributed by atoms with Gasteiger partial charge < -0.3 is 0 Å². The SMILES string of the molecule is CC[Si](CC)(CC)P(c1ccccc1)[B-](c1c(F)c(F)c(F)c(F)c1F)(c1c(F)c(F)c(F)c(F)c1F)c1c(F)c(F)c(F)c(F)c1F. The Balaban J connectivity index is 2.67. The van der Waals surface area contributed by atoms with E-state index in [1.165, 1.54) is 26.8 Å². The van der Waals surface area contributed by atoms with Crippen molar-refractivity contribution in [2.75, 3.05) is 0 Å². The molecule has 0 N–H and O–H groups in total. The van der Waals surface area contributed by atoms with Crippen LogP contribution >= 0.6 is 7.35 Å². The molecule has 1 atom stereocenters. The van der Waals surface area contributed by atoms with Crippen LogP contribution < -0.4 is 21.7 Å². The van der Waals surface area contributed by atoms with E-state index in [1.54, 1.807) is 0 Å². The van der Waals surface area contributed by atoms with Crippen LogP contribution in [0.15, 0.2) is 30.3 Å². The van der Waals surface area contributed by atoms with E-state index >= 15 is 52.7 Å². The molecule has 4 aromatic rings. The van der Waals surface area contributed by atoms with Gasteiger partial charge in [0.2, 0.25) is 0 Å². The molecule has 0 heterocycles. The minimum Gasteiger partial charge on any atom is -0.239 e. The maximum Gasteiger partial charge on any atom is 0.200 e. The highest BCUT2D eigenvalue weighted by Crippen LogP contribution is 2.59. The Morgan fingerprint density at radius 3 is 0.854 bits per heavy atom. The molecule has 0 radical (unpaired) electrons. The molecule has 0 aliphatic carbocycles. The molecule has 18 heteroatoms. The highest BCUT2D eigenvalue weighted by Gasteiger charge is 2.56. The Kier molecular flexibility index (Phi) is 10.5. The monoisotopic (exact) mass is 735 g/mol. The van der Waals surface area contributed by atoms with Crippen molar-refractivity contribution in [2.45, 2.75) is 38.9 Å². The summed E-state index contributed by atoms with van der Waals surface area (Å²) in [5, 5.41) is -0.401. The van der Waals surface area contributed by atoms with Gasteiger partial charge in [0.05, 0.1) is 0 Å². The maximum atomic E-state index is 16.2. The van der Waals surface area contributed by atoms with Gasteiger partial charge in [0.15, 0.2) is 52.4 Å². The number of benzene rings is 4. The predicted octanol–water partition coefficient (Wildman–Crippen LogP) is 8.55. The Morgan fingerprint density at radius 2 is 0.625 bits per heavy atom. The van der Waals surface area contributed by atoms with Crippen molar-refractivity contribution in [1.82, 2.24) is 0 Å². The summed E-state index contributed by atoms with van der Waals surface area (Å²) >= 11 is 0. The van der Waals surface area contributed by atoms with Crippen LogP contribution in [-0.2, 0) is 0 Å². The Morgan fingerprint density at radius 1 is 0.396 bits per heavy atom. The zero-order valence-electron chi connectivity index (χ0n) is 24.7. The first-order valence-electron chi connectivity index (χ1n) is 14.0. The Bertz CT molecular complexity index is 1650. The number of halogens is 15. The lowest BCUT2D eigenvalue weighted by molar-refractivity contribution is 0.380. The van der Waals surface area contributed by atoms with E-state index in [2.05, 4.69) is 0 Å². The predicted molar refractivity (Wildman–Crippen MR) is 154 cm³/mol. The van der Waals surface area contributed by atoms with Crippen molar-refractivity contribution in [1.29, 1.82) is 0 Å². The molecule has 4 aromatic carbocycles. The van der Waals surface area contributed by atoms with Gasteiger partial charge in [0.25, 0.3) is 0 Å². The fourth-order valence-electron chi connectivity index (χ4n) is 6.54. The topological polar surface area (TPSA) is 0 Å². The highest BCUT2D eigenvalue weighted by molar-refractivity contribution is 8.26. The Labute approximate surface area is 265 Å². The van der Waals surface area contributed by atoms with Gasteiger partial charge in [-0.2, -0.15) is 0 Å². The van der Waals surface area contributed by atoms with E-state index in [-0.39, 0.29) is 18.1 Å². The zero-order valence-corrected chi connectivity index (χ0v) is 26.6. The zero-order chi connectivity index (χ0) is 36.2. The second kappa shape index (κ2) is 13.5. The molecule has 0 aromatic heterocycles. The fourth-order valence-corrected chi connectivity index (χ4v) is 21.6. The van der Waals surface area contributed by atoms with Crippen LogP contribution in [0.5, 0.6) is 0 Å². The van der Waals surface area contributed by atoms with Gasteiger partial charge in [0.1, 0.15) is 40.8 Å². The molecule has 1 unspecified atom stereocenters. The van der Waals surface area contributed by atoms with Gasteiger partial charge in [0, 0.05) is 7.74 Å². The molecular weight excluding hydrogens is 715 g/mol. The summed E-state index contributed by atoms with van der Waals surface area (Å²) in [7, 11) is -7.46. The Hall–Kier alpha value is -3.46. The quantitative estimate of drug-likeness (QED) is 0.0532. The highest BCUT2D eigenvalue weighted by atomic mass is 31.4. The van der Waals surface area contributed by atoms with Crippen LogP contribution in [0.4, 0.5) is 65.9 Å². The summed E-state index contributed by atoms with van der Waals surface area (Å²) in [6, 6.07) is 4.99. The van der Waals surface area contributed by atoms with Gasteiger partial charge in [-0.1, -0.05) is 74.5 Å². The summed E-state index contributed by atoms with van der Waals surface area (Å²) in [5.74, 6) is -50.2. The van der Waals surface area contributed by atoms with Gasteiger partial charge in [-0.3, -0.25) is 0 Å². The molecule has 0 fully saturated rings. The number of rotatable bonds is 9. The van der Waals surface area contributed by atoms with Crippen LogP contribution in [-0.4, -0.2) is 13.6 Å². The molecule has 0 bridgehead atoms. The molecule has 0 nitrogen and oxygen atoms in total. The average molecular weight is 735 g/mol. The van der Waals surface area contributed by atoms with Crippen LogP contribution in [0.2, 0.25) is 18.1 Å². The first-order valence-corrected chi connectivity index (χ1v) is 18.9. The minimum absolute atomic E-state index is 0.218. The van der Waals surface area contributed by atoms with E-state index in [1.807, 2.05) is 0 Å². The summed E-state index contributed by atoms with van der Waals surface area (Å²) < 4.78 is 231. The lowest BCUT2D eigenvalue weighted by Crippen LogP contribution is -2.75. The number of hydrogen-bond donors (Lipinski definition) is 0. The lowest BCUT2D eigenvalue weighted by atomic mass is 9.33. The first-order chi connectivity index (χ1) is 22.4. The second-order valence-corrected chi connectivity index (χ2v) is 21.7. The maximum absolute atomic E-state index is 16.2. The molecular formula is C30H20BF15PSi-. The van der Waals surface area contributed by atoms with E-state index in [4.69, 9.17) is 0 Å². The van der Waals surface area contributed by atoms with Crippen molar-refractivity contribution in [3.63, 3.8) is 0 Å². The summed E-state index contributed by atoms with van der Waals surface area (Å²) in [5.41, 5.74) is -7.58. The molecule has 48 heavy (non-hydrogen) atoms. The molecule has 258 valence electrons. The third-order valence-electron chi connectivity index (χ3n) is 8.89. The summed E-state index contributed by atoms with van der Waals surface area (Å²) in [6.07, 6.45) is 0. The van der Waals surface area contributed by atoms with E-state index in [9.17, 15) is 13.2 Å². The molecule has 0 aliphatic rings. The number of hydrogen-bond acceptors (Lipinski definition) is 0. The van der Waals surface area contributed by atoms with Crippen molar-refractivity contribution in [2.24, 2.45) is 0 Å². The average Bonchev–Trinajstić information content (AvgIpc) is 3.09. The van der Waals surface area contributed by atoms with Gasteiger partial charge in [-0.25, -0.2) is 73.2 Å². The normalized spacial score (nSPS) is 13.0. The van der Waals surface area contributed by atoms with Gasteiger partial charge >= 0.3 is 0 Å². The summed E-state index contributed by atoms with van der Waals surface area (Å²) in [4.78, 5) is 0. The first kappa shape index (κ1) is 37.4.